The first-order chi connectivity index (χ1) is 10.4. The van der Waals surface area contributed by atoms with Crippen LogP contribution in [-0.4, -0.2) is 38.1 Å². The van der Waals surface area contributed by atoms with Gasteiger partial charge in [-0.1, -0.05) is 26.0 Å². The number of thiazole rings is 1. The van der Waals surface area contributed by atoms with Gasteiger partial charge >= 0.3 is 0 Å². The van der Waals surface area contributed by atoms with Gasteiger partial charge in [-0.05, 0) is 12.1 Å². The molecule has 0 spiro atoms. The molecule has 120 valence electrons. The number of aryl methyl sites for hydroxylation is 1. The number of hydrogen-bond acceptors (Lipinski definition) is 3. The molecule has 0 saturated heterocycles. The molecule has 0 unspecified atom stereocenters. The summed E-state index contributed by atoms with van der Waals surface area (Å²) in [6, 6.07) is 8.10. The highest BCUT2D eigenvalue weighted by Crippen LogP contribution is 2.22. The van der Waals surface area contributed by atoms with E-state index in [0.717, 1.165) is 23.6 Å². The average molecular weight is 320 g/mol. The van der Waals surface area contributed by atoms with Crippen LogP contribution in [0.3, 0.4) is 0 Å². The Kier molecular flexibility index (Phi) is 5.53. The molecule has 0 fully saturated rings. The Morgan fingerprint density at radius 3 is 2.73 bits per heavy atom. The molecular formula is C17H26N3OS+. The molecule has 2 rings (SSSR count). The van der Waals surface area contributed by atoms with Crippen LogP contribution in [0, 0.1) is 5.41 Å². The van der Waals surface area contributed by atoms with Crippen LogP contribution in [0.4, 0.5) is 0 Å². The lowest BCUT2D eigenvalue weighted by molar-refractivity contribution is -0.865. The van der Waals surface area contributed by atoms with Crippen molar-refractivity contribution in [1.29, 1.82) is 0 Å². The fourth-order valence-electron chi connectivity index (χ4n) is 2.69. The second kappa shape index (κ2) is 7.20. The second-order valence-corrected chi connectivity index (χ2v) is 8.02. The monoisotopic (exact) mass is 320 g/mol. The van der Waals surface area contributed by atoms with Crippen LogP contribution < -0.4 is 10.2 Å². The van der Waals surface area contributed by atoms with Crippen LogP contribution in [0.15, 0.2) is 24.3 Å². The minimum Gasteiger partial charge on any atom is -0.355 e. The first-order valence-electron chi connectivity index (χ1n) is 7.76. The summed E-state index contributed by atoms with van der Waals surface area (Å²) in [5.74, 6) is 0.112. The van der Waals surface area contributed by atoms with E-state index in [0.29, 0.717) is 12.8 Å². The lowest BCUT2D eigenvalue weighted by atomic mass is 9.93. The van der Waals surface area contributed by atoms with Crippen molar-refractivity contribution in [2.24, 2.45) is 5.41 Å². The highest BCUT2D eigenvalue weighted by molar-refractivity contribution is 7.18. The molecule has 5 heteroatoms. The van der Waals surface area contributed by atoms with Gasteiger partial charge in [0.1, 0.15) is 0 Å². The molecule has 22 heavy (non-hydrogen) atoms. The summed E-state index contributed by atoms with van der Waals surface area (Å²) < 4.78 is 1.19. The standard InChI is InChI=1S/C17H25N3OS/c1-17(2,12-20(3)4)11-18-15(21)9-10-16-19-13-7-5-6-8-14(13)22-16/h5-8H,9-12H2,1-4H3,(H,18,21)/p+1. The number of carbonyl (C=O) groups is 1. The van der Waals surface area contributed by atoms with Gasteiger partial charge in [0.15, 0.2) is 0 Å². The lowest BCUT2D eigenvalue weighted by Crippen LogP contribution is -3.07. The maximum atomic E-state index is 12.0. The maximum Gasteiger partial charge on any atom is 0.220 e. The smallest absolute Gasteiger partial charge is 0.220 e. The third kappa shape index (κ3) is 5.07. The largest absolute Gasteiger partial charge is 0.355 e. The molecule has 0 radical (unpaired) electrons. The van der Waals surface area contributed by atoms with E-state index in [1.165, 1.54) is 9.60 Å². The average Bonchev–Trinajstić information content (AvgIpc) is 2.84. The Balaban J connectivity index is 1.80. The molecule has 0 aliphatic rings. The van der Waals surface area contributed by atoms with Crippen LogP contribution in [0.2, 0.25) is 0 Å². The van der Waals surface area contributed by atoms with E-state index in [1.807, 2.05) is 18.2 Å². The van der Waals surface area contributed by atoms with Crippen LogP contribution in [0.25, 0.3) is 10.2 Å². The van der Waals surface area contributed by atoms with E-state index < -0.39 is 0 Å². The summed E-state index contributed by atoms with van der Waals surface area (Å²) in [7, 11) is 4.27. The van der Waals surface area contributed by atoms with Crippen LogP contribution in [0.1, 0.15) is 25.3 Å². The van der Waals surface area contributed by atoms with Gasteiger partial charge in [-0.2, -0.15) is 0 Å². The molecule has 0 atom stereocenters. The van der Waals surface area contributed by atoms with Gasteiger partial charge in [-0.15, -0.1) is 11.3 Å². The van der Waals surface area contributed by atoms with E-state index in [4.69, 9.17) is 0 Å². The van der Waals surface area contributed by atoms with Gasteiger partial charge < -0.3 is 10.2 Å². The first-order valence-corrected chi connectivity index (χ1v) is 8.57. The van der Waals surface area contributed by atoms with Crippen LogP contribution >= 0.6 is 11.3 Å². The van der Waals surface area contributed by atoms with Crippen molar-refractivity contribution in [3.8, 4) is 0 Å². The zero-order valence-electron chi connectivity index (χ0n) is 13.9. The highest BCUT2D eigenvalue weighted by Gasteiger charge is 2.22. The van der Waals surface area contributed by atoms with Gasteiger partial charge in [-0.25, -0.2) is 4.98 Å². The molecule has 1 heterocycles. The van der Waals surface area contributed by atoms with E-state index >= 15 is 0 Å². The molecule has 0 aliphatic carbocycles. The minimum atomic E-state index is 0.112. The van der Waals surface area contributed by atoms with Crippen LogP contribution in [-0.2, 0) is 11.2 Å². The maximum absolute atomic E-state index is 12.0. The fourth-order valence-corrected chi connectivity index (χ4v) is 3.66. The Hall–Kier alpha value is -1.46. The van der Waals surface area contributed by atoms with Crippen molar-refractivity contribution in [1.82, 2.24) is 10.3 Å². The zero-order chi connectivity index (χ0) is 16.2. The molecule has 1 amide bonds. The molecule has 2 aromatic rings. The zero-order valence-corrected chi connectivity index (χ0v) is 14.7. The molecule has 0 bridgehead atoms. The number of nitrogens with zero attached hydrogens (tertiary/aromatic N) is 1. The van der Waals surface area contributed by atoms with E-state index in [9.17, 15) is 4.79 Å². The third-order valence-corrected chi connectivity index (χ3v) is 4.60. The molecule has 2 N–H and O–H groups in total. The predicted octanol–water partition coefficient (Wildman–Crippen LogP) is 1.52. The summed E-state index contributed by atoms with van der Waals surface area (Å²) in [6.45, 7) is 6.13. The normalized spacial score (nSPS) is 12.0. The van der Waals surface area contributed by atoms with Crippen molar-refractivity contribution in [2.75, 3.05) is 27.2 Å². The fraction of sp³-hybridized carbons (Fsp3) is 0.529. The molecule has 0 saturated carbocycles. The predicted molar refractivity (Wildman–Crippen MR) is 92.4 cm³/mol. The Bertz CT molecular complexity index is 601. The SMILES string of the molecule is C[NH+](C)CC(C)(C)CNC(=O)CCc1nc2ccccc2s1. The minimum absolute atomic E-state index is 0.112. The summed E-state index contributed by atoms with van der Waals surface area (Å²) in [4.78, 5) is 18.0. The number of aromatic nitrogens is 1. The van der Waals surface area contributed by atoms with Crippen molar-refractivity contribution in [3.63, 3.8) is 0 Å². The van der Waals surface area contributed by atoms with E-state index in [1.54, 1.807) is 11.3 Å². The number of benzene rings is 1. The lowest BCUT2D eigenvalue weighted by Gasteiger charge is -2.26. The van der Waals surface area contributed by atoms with E-state index in [-0.39, 0.29) is 11.3 Å². The van der Waals surface area contributed by atoms with Crippen molar-refractivity contribution < 1.29 is 9.69 Å². The first kappa shape index (κ1) is 16.9. The van der Waals surface area contributed by atoms with Gasteiger partial charge in [0.05, 0.1) is 35.9 Å². The van der Waals surface area contributed by atoms with Crippen LogP contribution in [0.5, 0.6) is 0 Å². The molecular weight excluding hydrogens is 294 g/mol. The van der Waals surface area contributed by atoms with Gasteiger partial charge in [0.25, 0.3) is 0 Å². The highest BCUT2D eigenvalue weighted by atomic mass is 32.1. The van der Waals surface area contributed by atoms with Gasteiger partial charge in [0.2, 0.25) is 5.91 Å². The number of carbonyl (C=O) groups excluding carboxylic acids is 1. The van der Waals surface area contributed by atoms with Crippen molar-refractivity contribution in [3.05, 3.63) is 29.3 Å². The van der Waals surface area contributed by atoms with Crippen molar-refractivity contribution in [2.45, 2.75) is 26.7 Å². The molecule has 1 aromatic heterocycles. The quantitative estimate of drug-likeness (QED) is 0.812. The molecule has 4 nitrogen and oxygen atoms in total. The number of fused-ring (bicyclic) bond motifs is 1. The third-order valence-electron chi connectivity index (χ3n) is 3.50. The number of rotatable bonds is 7. The van der Waals surface area contributed by atoms with Gasteiger partial charge in [-0.3, -0.25) is 4.79 Å². The Morgan fingerprint density at radius 2 is 2.05 bits per heavy atom. The second-order valence-electron chi connectivity index (χ2n) is 6.90. The number of hydrogen-bond donors (Lipinski definition) is 2. The van der Waals surface area contributed by atoms with Gasteiger partial charge in [0, 0.05) is 24.8 Å². The summed E-state index contributed by atoms with van der Waals surface area (Å²) in [6.07, 6.45) is 1.22. The Labute approximate surface area is 136 Å². The number of quaternary nitrogens is 1. The summed E-state index contributed by atoms with van der Waals surface area (Å²) >= 11 is 1.68. The number of amides is 1. The Morgan fingerprint density at radius 1 is 1.32 bits per heavy atom. The number of para-hydroxylation sites is 1. The summed E-state index contributed by atoms with van der Waals surface area (Å²) in [5, 5.41) is 4.09. The topological polar surface area (TPSA) is 46.4 Å². The molecule has 0 aliphatic heterocycles. The van der Waals surface area contributed by atoms with Crippen molar-refractivity contribution >= 4 is 27.5 Å². The summed E-state index contributed by atoms with van der Waals surface area (Å²) in [5.41, 5.74) is 1.14. The molecule has 1 aromatic carbocycles. The number of nitrogens with one attached hydrogen (secondary N) is 2. The van der Waals surface area contributed by atoms with E-state index in [2.05, 4.69) is 44.3 Å².